The molecule has 1 fully saturated rings. The number of amides is 1. The lowest BCUT2D eigenvalue weighted by Gasteiger charge is -2.28. The highest BCUT2D eigenvalue weighted by Crippen LogP contribution is 2.29. The van der Waals surface area contributed by atoms with Crippen LogP contribution in [0.15, 0.2) is 36.8 Å². The van der Waals surface area contributed by atoms with Crippen LogP contribution < -0.4 is 10.6 Å². The van der Waals surface area contributed by atoms with E-state index in [4.69, 9.17) is 4.74 Å². The van der Waals surface area contributed by atoms with Crippen LogP contribution >= 0.6 is 0 Å². The molecule has 31 heavy (non-hydrogen) atoms. The molecule has 1 aliphatic rings. The molecule has 2 N–H and O–H groups in total. The summed E-state index contributed by atoms with van der Waals surface area (Å²) in [6, 6.07) is 5.54. The fourth-order valence-corrected chi connectivity index (χ4v) is 4.17. The Balaban J connectivity index is 1.43. The molecule has 164 valence electrons. The number of anilines is 1. The normalized spacial score (nSPS) is 18.9. The van der Waals surface area contributed by atoms with Gasteiger partial charge in [0.15, 0.2) is 0 Å². The molecule has 4 rings (SSSR count). The quantitative estimate of drug-likeness (QED) is 0.566. The van der Waals surface area contributed by atoms with Crippen molar-refractivity contribution in [1.82, 2.24) is 20.1 Å². The van der Waals surface area contributed by atoms with Gasteiger partial charge in [0.2, 0.25) is 5.91 Å². The molecule has 1 saturated carbocycles. The molecule has 0 unspecified atom stereocenters. The second kappa shape index (κ2) is 9.53. The van der Waals surface area contributed by atoms with E-state index in [0.29, 0.717) is 29.2 Å². The second-order valence-corrected chi connectivity index (χ2v) is 8.14. The molecule has 0 atom stereocenters. The summed E-state index contributed by atoms with van der Waals surface area (Å²) < 4.78 is 21.4. The number of aromatic nitrogens is 3. The first-order valence-electron chi connectivity index (χ1n) is 10.6. The first kappa shape index (κ1) is 21.4. The number of aryl methyl sites for hydroxylation is 1. The first-order valence-corrected chi connectivity index (χ1v) is 10.6. The number of hydrogen-bond donors (Lipinski definition) is 2. The molecule has 0 aliphatic heterocycles. The molecule has 2 heterocycles. The minimum Gasteiger partial charge on any atom is -0.383 e. The van der Waals surface area contributed by atoms with Gasteiger partial charge in [0.05, 0.1) is 12.8 Å². The number of hydrogen-bond acceptors (Lipinski definition) is 5. The summed E-state index contributed by atoms with van der Waals surface area (Å²) >= 11 is 0. The summed E-state index contributed by atoms with van der Waals surface area (Å²) in [7, 11) is 3.51. The van der Waals surface area contributed by atoms with Gasteiger partial charge in [-0.3, -0.25) is 9.48 Å². The van der Waals surface area contributed by atoms with Gasteiger partial charge in [0.25, 0.3) is 0 Å². The van der Waals surface area contributed by atoms with Gasteiger partial charge < -0.3 is 15.4 Å². The Morgan fingerprint density at radius 1 is 1.19 bits per heavy atom. The number of benzene rings is 1. The number of carbonyl (C=O) groups is 1. The van der Waals surface area contributed by atoms with Crippen molar-refractivity contribution >= 4 is 22.5 Å². The van der Waals surface area contributed by atoms with E-state index in [1.54, 1.807) is 24.1 Å². The molecule has 7 nitrogen and oxygen atoms in total. The van der Waals surface area contributed by atoms with E-state index < -0.39 is 0 Å². The molecule has 3 aromatic rings. The molecular formula is C23H28FN5O2. The predicted octanol–water partition coefficient (Wildman–Crippen LogP) is 3.51. The van der Waals surface area contributed by atoms with Crippen LogP contribution in [0.1, 0.15) is 25.7 Å². The maximum absolute atomic E-state index is 14.6. The predicted molar refractivity (Wildman–Crippen MR) is 118 cm³/mol. The van der Waals surface area contributed by atoms with E-state index in [9.17, 15) is 9.18 Å². The van der Waals surface area contributed by atoms with Crippen LogP contribution in [0.5, 0.6) is 0 Å². The first-order chi connectivity index (χ1) is 15.0. The number of methoxy groups -OCH3 is 1. The van der Waals surface area contributed by atoms with Gasteiger partial charge in [-0.25, -0.2) is 9.37 Å². The van der Waals surface area contributed by atoms with Crippen molar-refractivity contribution in [3.05, 3.63) is 42.6 Å². The van der Waals surface area contributed by atoms with Crippen LogP contribution in [0, 0.1) is 11.7 Å². The Morgan fingerprint density at radius 3 is 2.71 bits per heavy atom. The number of carbonyl (C=O) groups excluding carboxylic acids is 1. The number of halogens is 1. The van der Waals surface area contributed by atoms with Gasteiger partial charge in [-0.1, -0.05) is 0 Å². The second-order valence-electron chi connectivity index (χ2n) is 8.14. The minimum atomic E-state index is -0.346. The molecule has 0 saturated heterocycles. The summed E-state index contributed by atoms with van der Waals surface area (Å²) in [5, 5.41) is 11.7. The van der Waals surface area contributed by atoms with Crippen molar-refractivity contribution in [2.75, 3.05) is 25.6 Å². The van der Waals surface area contributed by atoms with E-state index in [0.717, 1.165) is 43.4 Å². The fourth-order valence-electron chi connectivity index (χ4n) is 4.17. The number of rotatable bonds is 7. The summed E-state index contributed by atoms with van der Waals surface area (Å²) in [6.45, 7) is 1.52. The van der Waals surface area contributed by atoms with Gasteiger partial charge in [0.1, 0.15) is 11.6 Å². The van der Waals surface area contributed by atoms with Gasteiger partial charge in [-0.15, -0.1) is 0 Å². The van der Waals surface area contributed by atoms with E-state index in [-0.39, 0.29) is 17.6 Å². The van der Waals surface area contributed by atoms with Crippen molar-refractivity contribution in [2.24, 2.45) is 13.0 Å². The van der Waals surface area contributed by atoms with Crippen LogP contribution in [-0.2, 0) is 16.6 Å². The molecule has 1 aliphatic carbocycles. The van der Waals surface area contributed by atoms with Crippen molar-refractivity contribution < 1.29 is 13.9 Å². The largest absolute Gasteiger partial charge is 0.383 e. The molecule has 0 radical (unpaired) electrons. The van der Waals surface area contributed by atoms with E-state index in [1.807, 2.05) is 19.3 Å². The third kappa shape index (κ3) is 5.08. The topological polar surface area (TPSA) is 81.1 Å². The Kier molecular flexibility index (Phi) is 6.58. The average molecular weight is 426 g/mol. The smallest absolute Gasteiger partial charge is 0.228 e. The van der Waals surface area contributed by atoms with E-state index >= 15 is 0 Å². The Bertz CT molecular complexity index is 1060. The van der Waals surface area contributed by atoms with Crippen LogP contribution in [-0.4, -0.2) is 47.0 Å². The third-order valence-electron chi connectivity index (χ3n) is 5.91. The number of nitrogens with zero attached hydrogens (tertiary/aromatic N) is 3. The van der Waals surface area contributed by atoms with E-state index in [1.165, 1.54) is 12.3 Å². The SMILES string of the molecule is COCCNC1CCC(C(=O)Nc2cc3cc(-c4cnn(C)c4)cc(F)c3cn2)CC1. The Labute approximate surface area is 181 Å². The Hall–Kier alpha value is -2.84. The average Bonchev–Trinajstić information content (AvgIpc) is 3.20. The van der Waals surface area contributed by atoms with Gasteiger partial charge >= 0.3 is 0 Å². The van der Waals surface area contributed by atoms with E-state index in [2.05, 4.69) is 20.7 Å². The lowest BCUT2D eigenvalue weighted by molar-refractivity contribution is -0.120. The molecule has 2 aromatic heterocycles. The van der Waals surface area contributed by atoms with Gasteiger partial charge in [-0.2, -0.15) is 5.10 Å². The number of pyridine rings is 1. The standard InChI is InChI=1S/C23H28FN5O2/c1-29-14-18(12-27-29)16-9-17-11-22(26-13-20(17)21(24)10-16)28-23(30)15-3-5-19(6-4-15)25-7-8-31-2/h9-15,19,25H,3-8H2,1-2H3,(H,26,28,30). The van der Waals surface area contributed by atoms with Crippen LogP contribution in [0.2, 0.25) is 0 Å². The number of ether oxygens (including phenoxy) is 1. The van der Waals surface area contributed by atoms with Crippen molar-refractivity contribution in [1.29, 1.82) is 0 Å². The van der Waals surface area contributed by atoms with Crippen molar-refractivity contribution in [3.8, 4) is 11.1 Å². The van der Waals surface area contributed by atoms with Gasteiger partial charge in [-0.05, 0) is 54.8 Å². The summed E-state index contributed by atoms with van der Waals surface area (Å²) in [5.74, 6) is 0.0455. The molecule has 1 aromatic carbocycles. The molecule has 0 spiro atoms. The summed E-state index contributed by atoms with van der Waals surface area (Å²) in [5.41, 5.74) is 1.57. The lowest BCUT2D eigenvalue weighted by atomic mass is 9.85. The lowest BCUT2D eigenvalue weighted by Crippen LogP contribution is -2.37. The zero-order valence-corrected chi connectivity index (χ0v) is 17.9. The van der Waals surface area contributed by atoms with Crippen LogP contribution in [0.3, 0.4) is 0 Å². The summed E-state index contributed by atoms with van der Waals surface area (Å²) in [6.07, 6.45) is 8.62. The van der Waals surface area contributed by atoms with Crippen LogP contribution in [0.25, 0.3) is 21.9 Å². The van der Waals surface area contributed by atoms with Crippen molar-refractivity contribution in [3.63, 3.8) is 0 Å². The van der Waals surface area contributed by atoms with Crippen molar-refractivity contribution in [2.45, 2.75) is 31.7 Å². The van der Waals surface area contributed by atoms with Gasteiger partial charge in [0, 0.05) is 56.0 Å². The highest BCUT2D eigenvalue weighted by molar-refractivity contribution is 5.95. The maximum atomic E-state index is 14.6. The zero-order chi connectivity index (χ0) is 21.8. The zero-order valence-electron chi connectivity index (χ0n) is 17.9. The molecule has 1 amide bonds. The highest BCUT2D eigenvalue weighted by atomic mass is 19.1. The third-order valence-corrected chi connectivity index (χ3v) is 5.91. The monoisotopic (exact) mass is 425 g/mol. The Morgan fingerprint density at radius 2 is 2.00 bits per heavy atom. The molecule has 8 heteroatoms. The number of fused-ring (bicyclic) bond motifs is 1. The van der Waals surface area contributed by atoms with Crippen LogP contribution in [0.4, 0.5) is 10.2 Å². The number of nitrogens with one attached hydrogen (secondary N) is 2. The summed E-state index contributed by atoms with van der Waals surface area (Å²) in [4.78, 5) is 17.0. The minimum absolute atomic E-state index is 0.0222. The highest BCUT2D eigenvalue weighted by Gasteiger charge is 2.26. The molecule has 0 bridgehead atoms. The maximum Gasteiger partial charge on any atom is 0.228 e. The molecular weight excluding hydrogens is 397 g/mol. The fraction of sp³-hybridized carbons (Fsp3) is 0.435.